The van der Waals surface area contributed by atoms with E-state index in [1.165, 1.54) is 0 Å². The molecule has 0 radical (unpaired) electrons. The SMILES string of the molecule is C=CCc1cc(OC)ccc1OC.CC.CC.COc1ccc(OC)c(CO)c1. The molecule has 29 heavy (non-hydrogen) atoms. The van der Waals surface area contributed by atoms with Crippen LogP contribution in [0.4, 0.5) is 0 Å². The lowest BCUT2D eigenvalue weighted by Crippen LogP contribution is -1.92. The smallest absolute Gasteiger partial charge is 0.124 e. The first kappa shape index (κ1) is 28.5. The molecule has 0 heterocycles. The quantitative estimate of drug-likeness (QED) is 0.599. The van der Waals surface area contributed by atoms with E-state index in [9.17, 15) is 0 Å². The lowest BCUT2D eigenvalue weighted by molar-refractivity contribution is 0.272. The number of rotatable bonds is 7. The highest BCUT2D eigenvalue weighted by Crippen LogP contribution is 2.24. The predicted molar refractivity (Wildman–Crippen MR) is 122 cm³/mol. The second kappa shape index (κ2) is 18.7. The van der Waals surface area contributed by atoms with Crippen LogP contribution in [0.25, 0.3) is 0 Å². The minimum Gasteiger partial charge on any atom is -0.497 e. The zero-order valence-electron chi connectivity index (χ0n) is 19.2. The molecule has 0 saturated heterocycles. The fourth-order valence-corrected chi connectivity index (χ4v) is 2.20. The van der Waals surface area contributed by atoms with Crippen LogP contribution in [-0.4, -0.2) is 33.5 Å². The minimum atomic E-state index is -0.0413. The van der Waals surface area contributed by atoms with Crippen molar-refractivity contribution in [2.75, 3.05) is 28.4 Å². The molecule has 0 atom stereocenters. The molecule has 0 fully saturated rings. The Kier molecular flexibility index (Phi) is 18.4. The predicted octanol–water partition coefficient (Wildman–Crippen LogP) is 5.68. The van der Waals surface area contributed by atoms with Crippen LogP contribution in [-0.2, 0) is 13.0 Å². The third-order valence-electron chi connectivity index (χ3n) is 3.51. The molecule has 0 amide bonds. The second-order valence-electron chi connectivity index (χ2n) is 5.01. The highest BCUT2D eigenvalue weighted by Gasteiger charge is 2.03. The van der Waals surface area contributed by atoms with E-state index in [1.54, 1.807) is 46.6 Å². The zero-order chi connectivity index (χ0) is 22.7. The van der Waals surface area contributed by atoms with Gasteiger partial charge in [0.25, 0.3) is 0 Å². The van der Waals surface area contributed by atoms with Crippen molar-refractivity contribution in [1.29, 1.82) is 0 Å². The number of hydrogen-bond donors (Lipinski definition) is 1. The molecule has 2 rings (SSSR count). The second-order valence-corrected chi connectivity index (χ2v) is 5.01. The summed E-state index contributed by atoms with van der Waals surface area (Å²) in [6.45, 7) is 11.6. The number of methoxy groups -OCH3 is 4. The van der Waals surface area contributed by atoms with Gasteiger partial charge >= 0.3 is 0 Å². The van der Waals surface area contributed by atoms with Crippen molar-refractivity contribution in [3.05, 3.63) is 60.2 Å². The van der Waals surface area contributed by atoms with Crippen LogP contribution in [0.15, 0.2) is 49.1 Å². The lowest BCUT2D eigenvalue weighted by atomic mass is 10.1. The normalized spacial score (nSPS) is 8.59. The maximum absolute atomic E-state index is 8.93. The summed E-state index contributed by atoms with van der Waals surface area (Å²) in [5, 5.41) is 8.93. The van der Waals surface area contributed by atoms with E-state index in [2.05, 4.69) is 6.58 Å². The number of allylic oxidation sites excluding steroid dienone is 1. The van der Waals surface area contributed by atoms with Gasteiger partial charge in [-0.25, -0.2) is 0 Å². The Morgan fingerprint density at radius 2 is 1.14 bits per heavy atom. The minimum absolute atomic E-state index is 0.0413. The summed E-state index contributed by atoms with van der Waals surface area (Å²) in [5.74, 6) is 3.12. The Bertz CT molecular complexity index is 668. The van der Waals surface area contributed by atoms with E-state index < -0.39 is 0 Å². The monoisotopic (exact) mass is 406 g/mol. The van der Waals surface area contributed by atoms with Crippen molar-refractivity contribution in [2.45, 2.75) is 40.7 Å². The van der Waals surface area contributed by atoms with Gasteiger partial charge in [0, 0.05) is 11.1 Å². The first-order chi connectivity index (χ1) is 14.1. The van der Waals surface area contributed by atoms with Gasteiger partial charge in [0.1, 0.15) is 23.0 Å². The van der Waals surface area contributed by atoms with Gasteiger partial charge < -0.3 is 24.1 Å². The Balaban J connectivity index is 0. The van der Waals surface area contributed by atoms with E-state index in [-0.39, 0.29) is 6.61 Å². The van der Waals surface area contributed by atoms with E-state index in [0.717, 1.165) is 34.8 Å². The van der Waals surface area contributed by atoms with Crippen molar-refractivity contribution in [3.63, 3.8) is 0 Å². The fraction of sp³-hybridized carbons (Fsp3) is 0.417. The van der Waals surface area contributed by atoms with E-state index in [1.807, 2.05) is 52.0 Å². The summed E-state index contributed by atoms with van der Waals surface area (Å²) >= 11 is 0. The summed E-state index contributed by atoms with van der Waals surface area (Å²) in [4.78, 5) is 0. The van der Waals surface area contributed by atoms with Gasteiger partial charge in [-0.2, -0.15) is 0 Å². The molecular weight excluding hydrogens is 368 g/mol. The third-order valence-corrected chi connectivity index (χ3v) is 3.51. The first-order valence-corrected chi connectivity index (χ1v) is 9.77. The van der Waals surface area contributed by atoms with Crippen molar-refractivity contribution in [3.8, 4) is 23.0 Å². The molecule has 5 heteroatoms. The molecule has 0 unspecified atom stereocenters. The Hall–Kier alpha value is -2.66. The summed E-state index contributed by atoms with van der Waals surface area (Å²) in [6, 6.07) is 11.0. The van der Waals surface area contributed by atoms with Crippen LogP contribution < -0.4 is 18.9 Å². The molecule has 0 spiro atoms. The van der Waals surface area contributed by atoms with Gasteiger partial charge in [-0.15, -0.1) is 6.58 Å². The average Bonchev–Trinajstić information content (AvgIpc) is 2.81. The van der Waals surface area contributed by atoms with Crippen molar-refractivity contribution in [2.24, 2.45) is 0 Å². The van der Waals surface area contributed by atoms with Gasteiger partial charge in [-0.05, 0) is 42.8 Å². The number of benzene rings is 2. The Morgan fingerprint density at radius 3 is 1.48 bits per heavy atom. The summed E-state index contributed by atoms with van der Waals surface area (Å²) in [6.07, 6.45) is 2.64. The highest BCUT2D eigenvalue weighted by atomic mass is 16.5. The van der Waals surface area contributed by atoms with Crippen LogP contribution in [0, 0.1) is 0 Å². The molecule has 0 aromatic heterocycles. The van der Waals surface area contributed by atoms with E-state index in [4.69, 9.17) is 24.1 Å². The molecule has 0 aliphatic heterocycles. The van der Waals surface area contributed by atoms with Gasteiger partial charge in [0.2, 0.25) is 0 Å². The van der Waals surface area contributed by atoms with E-state index in [0.29, 0.717) is 5.75 Å². The summed E-state index contributed by atoms with van der Waals surface area (Å²) < 4.78 is 20.3. The fourth-order valence-electron chi connectivity index (χ4n) is 2.20. The molecule has 0 aliphatic rings. The Morgan fingerprint density at radius 1 is 0.724 bits per heavy atom. The van der Waals surface area contributed by atoms with Crippen molar-refractivity contribution in [1.82, 2.24) is 0 Å². The Labute approximate surface area is 176 Å². The molecule has 2 aromatic carbocycles. The number of hydrogen-bond acceptors (Lipinski definition) is 5. The average molecular weight is 407 g/mol. The van der Waals surface area contributed by atoms with Gasteiger partial charge in [0.05, 0.1) is 35.0 Å². The van der Waals surface area contributed by atoms with Crippen LogP contribution in [0.3, 0.4) is 0 Å². The molecule has 1 N–H and O–H groups in total. The first-order valence-electron chi connectivity index (χ1n) is 9.77. The largest absolute Gasteiger partial charge is 0.497 e. The number of aliphatic hydroxyl groups is 1. The van der Waals surface area contributed by atoms with Gasteiger partial charge in [0.15, 0.2) is 0 Å². The van der Waals surface area contributed by atoms with Gasteiger partial charge in [-0.3, -0.25) is 0 Å². The molecule has 2 aromatic rings. The van der Waals surface area contributed by atoms with Crippen LogP contribution in [0.2, 0.25) is 0 Å². The van der Waals surface area contributed by atoms with Crippen molar-refractivity contribution < 1.29 is 24.1 Å². The van der Waals surface area contributed by atoms with Gasteiger partial charge in [-0.1, -0.05) is 33.8 Å². The highest BCUT2D eigenvalue weighted by molar-refractivity contribution is 5.41. The van der Waals surface area contributed by atoms with E-state index >= 15 is 0 Å². The number of ether oxygens (including phenoxy) is 4. The molecular formula is C24H38O5. The molecule has 0 aliphatic carbocycles. The van der Waals surface area contributed by atoms with Crippen LogP contribution in [0.1, 0.15) is 38.8 Å². The lowest BCUT2D eigenvalue weighted by Gasteiger charge is -2.08. The molecule has 0 bridgehead atoms. The summed E-state index contributed by atoms with van der Waals surface area (Å²) in [7, 11) is 6.47. The third kappa shape index (κ3) is 10.5. The standard InChI is InChI=1S/C11H14O2.C9H12O3.2C2H6/c1-4-5-9-8-10(12-2)6-7-11(9)13-3;1-11-8-3-4-9(12-2)7(5-8)6-10;2*1-2/h4,6-8H,1,5H2,2-3H3;3-5,10H,6H2,1-2H3;2*1-2H3. The van der Waals surface area contributed by atoms with Crippen molar-refractivity contribution >= 4 is 0 Å². The van der Waals surface area contributed by atoms with Crippen LogP contribution >= 0.6 is 0 Å². The molecule has 164 valence electrons. The topological polar surface area (TPSA) is 57.2 Å². The maximum Gasteiger partial charge on any atom is 0.124 e. The maximum atomic E-state index is 8.93. The summed E-state index contributed by atoms with van der Waals surface area (Å²) in [5.41, 5.74) is 1.83. The molecule has 0 saturated carbocycles. The number of aliphatic hydroxyl groups excluding tert-OH is 1. The zero-order valence-corrected chi connectivity index (χ0v) is 19.2. The van der Waals surface area contributed by atoms with Crippen LogP contribution in [0.5, 0.6) is 23.0 Å². The molecule has 5 nitrogen and oxygen atoms in total.